The quantitative estimate of drug-likeness (QED) is 0.865. The fourth-order valence-electron chi connectivity index (χ4n) is 2.14. The molecule has 3 rings (SSSR count). The minimum atomic E-state index is -0.365. The molecule has 0 aliphatic heterocycles. The van der Waals surface area contributed by atoms with E-state index in [1.807, 2.05) is 12.1 Å². The molecule has 1 atom stereocenters. The first-order valence-electron chi connectivity index (χ1n) is 5.67. The Morgan fingerprint density at radius 2 is 2.29 bits per heavy atom. The first kappa shape index (κ1) is 11.4. The molecule has 1 aromatic heterocycles. The Kier molecular flexibility index (Phi) is 3.03. The zero-order valence-corrected chi connectivity index (χ0v) is 11.6. The number of halogens is 1. The third-order valence-corrected chi connectivity index (χ3v) is 4.67. The third-order valence-electron chi connectivity index (χ3n) is 3.00. The van der Waals surface area contributed by atoms with Gasteiger partial charge in [0.05, 0.1) is 11.8 Å². The second kappa shape index (κ2) is 4.52. The van der Waals surface area contributed by atoms with E-state index < -0.39 is 0 Å². The number of aliphatic hydroxyl groups is 1. The van der Waals surface area contributed by atoms with Gasteiger partial charge in [0.15, 0.2) is 0 Å². The van der Waals surface area contributed by atoms with Crippen LogP contribution in [-0.4, -0.2) is 10.1 Å². The summed E-state index contributed by atoms with van der Waals surface area (Å²) in [4.78, 5) is 5.84. The van der Waals surface area contributed by atoms with Gasteiger partial charge < -0.3 is 5.11 Å². The summed E-state index contributed by atoms with van der Waals surface area (Å²) in [6.07, 6.45) is 2.59. The summed E-state index contributed by atoms with van der Waals surface area (Å²) in [5.41, 5.74) is 2.02. The van der Waals surface area contributed by atoms with Crippen LogP contribution in [-0.2, 0) is 6.42 Å². The third kappa shape index (κ3) is 2.17. The van der Waals surface area contributed by atoms with Crippen molar-refractivity contribution >= 4 is 27.3 Å². The maximum atomic E-state index is 9.91. The Morgan fingerprint density at radius 3 is 3.06 bits per heavy atom. The molecule has 0 saturated heterocycles. The van der Waals surface area contributed by atoms with Gasteiger partial charge in [-0.1, -0.05) is 28.1 Å². The summed E-state index contributed by atoms with van der Waals surface area (Å²) in [6, 6.07) is 8.14. The van der Waals surface area contributed by atoms with Gasteiger partial charge in [-0.05, 0) is 31.4 Å². The van der Waals surface area contributed by atoms with Crippen LogP contribution in [0.5, 0.6) is 0 Å². The number of aliphatic hydroxyl groups excluding tert-OH is 1. The Balaban J connectivity index is 2.05. The normalized spacial score (nSPS) is 19.1. The van der Waals surface area contributed by atoms with Crippen molar-refractivity contribution in [2.75, 3.05) is 0 Å². The molecule has 88 valence electrons. The predicted molar refractivity (Wildman–Crippen MR) is 73.1 cm³/mol. The molecule has 17 heavy (non-hydrogen) atoms. The minimum Gasteiger partial charge on any atom is -0.387 e. The van der Waals surface area contributed by atoms with E-state index in [9.17, 15) is 5.11 Å². The van der Waals surface area contributed by atoms with E-state index in [4.69, 9.17) is 0 Å². The van der Waals surface area contributed by atoms with Crippen molar-refractivity contribution in [1.82, 2.24) is 4.98 Å². The van der Waals surface area contributed by atoms with Gasteiger partial charge in [-0.2, -0.15) is 0 Å². The Bertz CT molecular complexity index is 552. The number of rotatable bonds is 1. The van der Waals surface area contributed by atoms with Gasteiger partial charge in [-0.15, -0.1) is 11.3 Å². The average molecular weight is 310 g/mol. The van der Waals surface area contributed by atoms with Crippen LogP contribution in [0.1, 0.15) is 29.5 Å². The lowest BCUT2D eigenvalue weighted by molar-refractivity contribution is 0.153. The van der Waals surface area contributed by atoms with Crippen LogP contribution >= 0.6 is 27.3 Å². The van der Waals surface area contributed by atoms with Gasteiger partial charge in [0.25, 0.3) is 0 Å². The molecule has 0 radical (unpaired) electrons. The first-order valence-corrected chi connectivity index (χ1v) is 7.28. The second-order valence-electron chi connectivity index (χ2n) is 4.25. The molecular formula is C13H12BrNOS. The number of thiazole rings is 1. The summed E-state index contributed by atoms with van der Waals surface area (Å²) in [5, 5.41) is 10.9. The van der Waals surface area contributed by atoms with E-state index in [0.29, 0.717) is 0 Å². The van der Waals surface area contributed by atoms with Crippen molar-refractivity contribution < 1.29 is 5.11 Å². The summed E-state index contributed by atoms with van der Waals surface area (Å²) >= 11 is 5.18. The minimum absolute atomic E-state index is 0.365. The smallest absolute Gasteiger partial charge is 0.124 e. The topological polar surface area (TPSA) is 33.1 Å². The van der Waals surface area contributed by atoms with Crippen LogP contribution in [0.2, 0.25) is 0 Å². The fourth-order valence-corrected chi connectivity index (χ4v) is 3.69. The highest BCUT2D eigenvalue weighted by atomic mass is 79.9. The van der Waals surface area contributed by atoms with Crippen LogP contribution in [0.4, 0.5) is 0 Å². The molecule has 1 N–H and O–H groups in total. The van der Waals surface area contributed by atoms with Crippen LogP contribution < -0.4 is 0 Å². The molecule has 0 fully saturated rings. The van der Waals surface area contributed by atoms with E-state index >= 15 is 0 Å². The van der Waals surface area contributed by atoms with E-state index in [0.717, 1.165) is 40.0 Å². The van der Waals surface area contributed by atoms with E-state index in [1.54, 1.807) is 11.3 Å². The van der Waals surface area contributed by atoms with Crippen molar-refractivity contribution in [2.24, 2.45) is 0 Å². The van der Waals surface area contributed by atoms with E-state index in [-0.39, 0.29) is 6.10 Å². The summed E-state index contributed by atoms with van der Waals surface area (Å²) < 4.78 is 1.06. The molecule has 1 aliphatic carbocycles. The summed E-state index contributed by atoms with van der Waals surface area (Å²) in [6.45, 7) is 0. The fraction of sp³-hybridized carbons (Fsp3) is 0.308. The lowest BCUT2D eigenvalue weighted by Crippen LogP contribution is -2.07. The molecule has 2 nitrogen and oxygen atoms in total. The largest absolute Gasteiger partial charge is 0.387 e. The van der Waals surface area contributed by atoms with E-state index in [1.165, 1.54) is 4.88 Å². The summed E-state index contributed by atoms with van der Waals surface area (Å²) in [7, 11) is 0. The lowest BCUT2D eigenvalue weighted by Gasteiger charge is -2.14. The Hall–Kier alpha value is -0.710. The predicted octanol–water partition coefficient (Wildman–Crippen LogP) is 3.94. The Labute approximate surface area is 112 Å². The van der Waals surface area contributed by atoms with Crippen molar-refractivity contribution in [3.8, 4) is 10.6 Å². The number of fused-ring (bicyclic) bond motifs is 1. The Morgan fingerprint density at radius 1 is 1.41 bits per heavy atom. The average Bonchev–Trinajstić information content (AvgIpc) is 2.74. The molecule has 1 aliphatic rings. The second-order valence-corrected chi connectivity index (χ2v) is 6.25. The molecule has 1 aromatic carbocycles. The van der Waals surface area contributed by atoms with Gasteiger partial charge in [0, 0.05) is 14.9 Å². The molecule has 0 saturated carbocycles. The number of nitrogens with zero attached hydrogens (tertiary/aromatic N) is 1. The van der Waals surface area contributed by atoms with Gasteiger partial charge in [0.2, 0.25) is 0 Å². The maximum absolute atomic E-state index is 9.91. The zero-order chi connectivity index (χ0) is 11.8. The number of hydrogen-bond acceptors (Lipinski definition) is 3. The number of aromatic nitrogens is 1. The monoisotopic (exact) mass is 309 g/mol. The van der Waals surface area contributed by atoms with Crippen molar-refractivity contribution in [3.63, 3.8) is 0 Å². The molecule has 0 spiro atoms. The van der Waals surface area contributed by atoms with Gasteiger partial charge in [0.1, 0.15) is 5.01 Å². The standard InChI is InChI=1S/C13H12BrNOS/c14-9-4-1-3-8(7-9)13-15-12-10(16)5-2-6-11(12)17-13/h1,3-4,7,10,16H,2,5-6H2. The maximum Gasteiger partial charge on any atom is 0.124 e. The van der Waals surface area contributed by atoms with Crippen molar-refractivity contribution in [2.45, 2.75) is 25.4 Å². The lowest BCUT2D eigenvalue weighted by atomic mass is 10.0. The van der Waals surface area contributed by atoms with Crippen LogP contribution in [0.25, 0.3) is 10.6 Å². The van der Waals surface area contributed by atoms with Gasteiger partial charge in [-0.3, -0.25) is 0 Å². The SMILES string of the molecule is OC1CCCc2sc(-c3cccc(Br)c3)nc21. The first-order chi connectivity index (χ1) is 8.24. The molecule has 1 heterocycles. The molecule has 0 bridgehead atoms. The van der Waals surface area contributed by atoms with Crippen LogP contribution in [0.3, 0.4) is 0 Å². The highest BCUT2D eigenvalue weighted by Gasteiger charge is 2.23. The van der Waals surface area contributed by atoms with Crippen LogP contribution in [0, 0.1) is 0 Å². The number of hydrogen-bond donors (Lipinski definition) is 1. The van der Waals surface area contributed by atoms with Gasteiger partial charge >= 0.3 is 0 Å². The molecular weight excluding hydrogens is 298 g/mol. The number of benzene rings is 1. The van der Waals surface area contributed by atoms with E-state index in [2.05, 4.69) is 33.0 Å². The van der Waals surface area contributed by atoms with Gasteiger partial charge in [-0.25, -0.2) is 4.98 Å². The van der Waals surface area contributed by atoms with Crippen molar-refractivity contribution in [1.29, 1.82) is 0 Å². The number of aryl methyl sites for hydroxylation is 1. The molecule has 1 unspecified atom stereocenters. The molecule has 4 heteroatoms. The van der Waals surface area contributed by atoms with Crippen molar-refractivity contribution in [3.05, 3.63) is 39.3 Å². The summed E-state index contributed by atoms with van der Waals surface area (Å²) in [5.74, 6) is 0. The molecule has 2 aromatic rings. The van der Waals surface area contributed by atoms with Crippen LogP contribution in [0.15, 0.2) is 28.7 Å². The highest BCUT2D eigenvalue weighted by molar-refractivity contribution is 9.10. The highest BCUT2D eigenvalue weighted by Crippen LogP contribution is 2.37. The molecule has 0 amide bonds. The zero-order valence-electron chi connectivity index (χ0n) is 9.19.